The molecular weight excluding hydrogens is 416 g/mol. The zero-order valence-corrected chi connectivity index (χ0v) is 16.2. The van der Waals surface area contributed by atoms with E-state index < -0.39 is 0 Å². The molecule has 3 aromatic carbocycles. The summed E-state index contributed by atoms with van der Waals surface area (Å²) in [7, 11) is 1.55. The molecule has 6 heteroatoms. The predicted molar refractivity (Wildman–Crippen MR) is 105 cm³/mol. The number of nitrogens with one attached hydrogen (secondary N) is 1. The highest BCUT2D eigenvalue weighted by atomic mass is 79.9. The van der Waals surface area contributed by atoms with E-state index >= 15 is 0 Å². The fourth-order valence-electron chi connectivity index (χ4n) is 2.55. The van der Waals surface area contributed by atoms with Crippen molar-refractivity contribution >= 4 is 21.6 Å². The summed E-state index contributed by atoms with van der Waals surface area (Å²) in [6, 6.07) is 16.4. The normalized spacial score (nSPS) is 10.5. The van der Waals surface area contributed by atoms with E-state index in [2.05, 4.69) is 21.2 Å². The molecule has 0 aliphatic carbocycles. The van der Waals surface area contributed by atoms with Gasteiger partial charge in [0.2, 0.25) is 0 Å². The molecule has 3 rings (SSSR count). The van der Waals surface area contributed by atoms with Crippen LogP contribution in [0.15, 0.2) is 65.1 Å². The van der Waals surface area contributed by atoms with Gasteiger partial charge < -0.3 is 14.8 Å². The molecular formula is C21H18BrF2NO2. The molecule has 0 fully saturated rings. The summed E-state index contributed by atoms with van der Waals surface area (Å²) >= 11 is 3.49. The zero-order valence-electron chi connectivity index (χ0n) is 14.6. The molecule has 0 atom stereocenters. The Kier molecular flexibility index (Phi) is 6.29. The number of anilines is 1. The summed E-state index contributed by atoms with van der Waals surface area (Å²) in [4.78, 5) is 0. The first-order chi connectivity index (χ1) is 13.1. The highest BCUT2D eigenvalue weighted by molar-refractivity contribution is 9.10. The van der Waals surface area contributed by atoms with Crippen LogP contribution in [0.2, 0.25) is 0 Å². The molecule has 0 heterocycles. The summed E-state index contributed by atoms with van der Waals surface area (Å²) in [5.41, 5.74) is 2.22. The molecule has 0 saturated heterocycles. The molecule has 0 spiro atoms. The minimum absolute atomic E-state index is 0.0921. The summed E-state index contributed by atoms with van der Waals surface area (Å²) in [5.74, 6) is 0.455. The molecule has 0 bridgehead atoms. The van der Waals surface area contributed by atoms with Crippen molar-refractivity contribution in [1.29, 1.82) is 0 Å². The van der Waals surface area contributed by atoms with E-state index in [1.165, 1.54) is 18.2 Å². The summed E-state index contributed by atoms with van der Waals surface area (Å²) in [6.45, 7) is 0.614. The van der Waals surface area contributed by atoms with Crippen LogP contribution in [0.3, 0.4) is 0 Å². The molecule has 0 aliphatic rings. The van der Waals surface area contributed by atoms with E-state index in [9.17, 15) is 8.78 Å². The lowest BCUT2D eigenvalue weighted by Gasteiger charge is -2.15. The first-order valence-electron chi connectivity index (χ1n) is 8.29. The second-order valence-corrected chi connectivity index (χ2v) is 6.70. The van der Waals surface area contributed by atoms with E-state index in [1.54, 1.807) is 37.4 Å². The molecule has 27 heavy (non-hydrogen) atoms. The SMILES string of the molecule is COc1cc(CNc2ccc(F)cc2)cc(Br)c1OCc1ccccc1F. The minimum Gasteiger partial charge on any atom is -0.493 e. The van der Waals surface area contributed by atoms with E-state index in [-0.39, 0.29) is 18.2 Å². The average Bonchev–Trinajstić information content (AvgIpc) is 2.67. The van der Waals surface area contributed by atoms with Gasteiger partial charge >= 0.3 is 0 Å². The van der Waals surface area contributed by atoms with Gasteiger partial charge in [0.15, 0.2) is 11.5 Å². The van der Waals surface area contributed by atoms with Gasteiger partial charge in [-0.25, -0.2) is 8.78 Å². The zero-order chi connectivity index (χ0) is 19.2. The predicted octanol–water partition coefficient (Wildman–Crippen LogP) is 5.93. The van der Waals surface area contributed by atoms with Gasteiger partial charge in [0.25, 0.3) is 0 Å². The standard InChI is InChI=1S/C21H18BrF2NO2/c1-26-20-11-14(12-25-17-8-6-16(23)7-9-17)10-18(22)21(20)27-13-15-4-2-3-5-19(15)24/h2-11,25H,12-13H2,1H3. The molecule has 0 unspecified atom stereocenters. The van der Waals surface area contributed by atoms with Crippen LogP contribution in [0, 0.1) is 11.6 Å². The first-order valence-corrected chi connectivity index (χ1v) is 9.08. The molecule has 0 radical (unpaired) electrons. The van der Waals surface area contributed by atoms with Crippen LogP contribution < -0.4 is 14.8 Å². The van der Waals surface area contributed by atoms with Crippen molar-refractivity contribution in [1.82, 2.24) is 0 Å². The molecule has 140 valence electrons. The average molecular weight is 434 g/mol. The van der Waals surface area contributed by atoms with E-state index in [1.807, 2.05) is 12.1 Å². The highest BCUT2D eigenvalue weighted by Crippen LogP contribution is 2.37. The van der Waals surface area contributed by atoms with Gasteiger partial charge in [-0.2, -0.15) is 0 Å². The summed E-state index contributed by atoms with van der Waals surface area (Å²) < 4.78 is 38.7. The third-order valence-corrected chi connectivity index (χ3v) is 4.55. The first kappa shape index (κ1) is 19.2. The van der Waals surface area contributed by atoms with Crippen molar-refractivity contribution < 1.29 is 18.3 Å². The van der Waals surface area contributed by atoms with Crippen LogP contribution in [-0.4, -0.2) is 7.11 Å². The van der Waals surface area contributed by atoms with Crippen molar-refractivity contribution in [2.75, 3.05) is 12.4 Å². The van der Waals surface area contributed by atoms with Gasteiger partial charge in [0.1, 0.15) is 18.2 Å². The van der Waals surface area contributed by atoms with Gasteiger partial charge in [-0.1, -0.05) is 18.2 Å². The maximum atomic E-state index is 13.8. The lowest BCUT2D eigenvalue weighted by atomic mass is 10.2. The number of hydrogen-bond acceptors (Lipinski definition) is 3. The fourth-order valence-corrected chi connectivity index (χ4v) is 3.16. The van der Waals surface area contributed by atoms with Crippen LogP contribution >= 0.6 is 15.9 Å². The number of methoxy groups -OCH3 is 1. The highest BCUT2D eigenvalue weighted by Gasteiger charge is 2.13. The molecule has 0 aromatic heterocycles. The Morgan fingerprint density at radius 1 is 1.00 bits per heavy atom. The third kappa shape index (κ3) is 4.98. The Balaban J connectivity index is 1.72. The van der Waals surface area contributed by atoms with Crippen molar-refractivity contribution in [3.63, 3.8) is 0 Å². The number of benzene rings is 3. The van der Waals surface area contributed by atoms with Crippen molar-refractivity contribution in [3.05, 3.63) is 87.9 Å². The number of rotatable bonds is 7. The largest absolute Gasteiger partial charge is 0.493 e. The van der Waals surface area contributed by atoms with Gasteiger partial charge in [-0.15, -0.1) is 0 Å². The monoisotopic (exact) mass is 433 g/mol. The van der Waals surface area contributed by atoms with Crippen LogP contribution in [0.4, 0.5) is 14.5 Å². The summed E-state index contributed by atoms with van der Waals surface area (Å²) in [5, 5.41) is 3.22. The maximum absolute atomic E-state index is 13.8. The van der Waals surface area contributed by atoms with Crippen LogP contribution in [0.5, 0.6) is 11.5 Å². The van der Waals surface area contributed by atoms with Crippen LogP contribution in [0.25, 0.3) is 0 Å². The van der Waals surface area contributed by atoms with Crippen molar-refractivity contribution in [2.24, 2.45) is 0 Å². The lowest BCUT2D eigenvalue weighted by molar-refractivity contribution is 0.277. The van der Waals surface area contributed by atoms with Gasteiger partial charge in [0.05, 0.1) is 11.6 Å². The Hall–Kier alpha value is -2.60. The lowest BCUT2D eigenvalue weighted by Crippen LogP contribution is -2.03. The third-order valence-electron chi connectivity index (χ3n) is 3.96. The quantitative estimate of drug-likeness (QED) is 0.500. The van der Waals surface area contributed by atoms with Gasteiger partial charge in [-0.05, 0) is 64.0 Å². The number of hydrogen-bond donors (Lipinski definition) is 1. The minimum atomic E-state index is -0.312. The molecule has 0 amide bonds. The fraction of sp³-hybridized carbons (Fsp3) is 0.143. The summed E-state index contributed by atoms with van der Waals surface area (Å²) in [6.07, 6.45) is 0. The molecule has 3 aromatic rings. The van der Waals surface area contributed by atoms with E-state index in [0.29, 0.717) is 28.1 Å². The molecule has 3 nitrogen and oxygen atoms in total. The van der Waals surface area contributed by atoms with Gasteiger partial charge in [0, 0.05) is 17.8 Å². The molecule has 1 N–H and O–H groups in total. The van der Waals surface area contributed by atoms with E-state index in [0.717, 1.165) is 11.3 Å². The Bertz CT molecular complexity index is 917. The maximum Gasteiger partial charge on any atom is 0.175 e. The topological polar surface area (TPSA) is 30.5 Å². The Morgan fingerprint density at radius 3 is 2.44 bits per heavy atom. The Labute approximate surface area is 165 Å². The van der Waals surface area contributed by atoms with Crippen LogP contribution in [-0.2, 0) is 13.2 Å². The van der Waals surface area contributed by atoms with Crippen molar-refractivity contribution in [2.45, 2.75) is 13.2 Å². The van der Waals surface area contributed by atoms with Crippen LogP contribution in [0.1, 0.15) is 11.1 Å². The Morgan fingerprint density at radius 2 is 1.74 bits per heavy atom. The van der Waals surface area contributed by atoms with Crippen molar-refractivity contribution in [3.8, 4) is 11.5 Å². The molecule has 0 saturated carbocycles. The smallest absolute Gasteiger partial charge is 0.175 e. The van der Waals surface area contributed by atoms with Gasteiger partial charge in [-0.3, -0.25) is 0 Å². The number of ether oxygens (including phenoxy) is 2. The van der Waals surface area contributed by atoms with E-state index in [4.69, 9.17) is 9.47 Å². The second kappa shape index (κ2) is 8.86. The number of halogens is 3. The second-order valence-electron chi connectivity index (χ2n) is 5.85. The molecule has 0 aliphatic heterocycles.